The van der Waals surface area contributed by atoms with Crippen LogP contribution < -0.4 is 0 Å². The standard InChI is InChI=1S/C9H15ClO/c1-3-11-9(10)8-5-4-7(2)6-8/h5,7,9H,3-4,6H2,1-2H3. The molecule has 0 fully saturated rings. The van der Waals surface area contributed by atoms with Gasteiger partial charge in [0.25, 0.3) is 0 Å². The fraction of sp³-hybridized carbons (Fsp3) is 0.778. The van der Waals surface area contributed by atoms with Crippen LogP contribution in [0.25, 0.3) is 0 Å². The van der Waals surface area contributed by atoms with Crippen LogP contribution in [0.5, 0.6) is 0 Å². The number of hydrogen-bond acceptors (Lipinski definition) is 1. The third-order valence-corrected chi connectivity index (χ3v) is 2.38. The molecule has 0 saturated carbocycles. The highest BCUT2D eigenvalue weighted by molar-refractivity contribution is 6.21. The maximum Gasteiger partial charge on any atom is 0.152 e. The monoisotopic (exact) mass is 174 g/mol. The molecule has 2 heteroatoms. The zero-order valence-electron chi connectivity index (χ0n) is 7.14. The lowest BCUT2D eigenvalue weighted by Crippen LogP contribution is -2.07. The van der Waals surface area contributed by atoms with Crippen LogP contribution in [0.3, 0.4) is 0 Å². The maximum absolute atomic E-state index is 5.96. The molecule has 1 aliphatic rings. The number of hydrogen-bond donors (Lipinski definition) is 0. The zero-order valence-corrected chi connectivity index (χ0v) is 7.90. The van der Waals surface area contributed by atoms with Gasteiger partial charge in [0.15, 0.2) is 5.56 Å². The van der Waals surface area contributed by atoms with Gasteiger partial charge in [0.2, 0.25) is 0 Å². The Kier molecular flexibility index (Phi) is 3.41. The highest BCUT2D eigenvalue weighted by Gasteiger charge is 2.18. The van der Waals surface area contributed by atoms with Crippen molar-refractivity contribution in [3.63, 3.8) is 0 Å². The summed E-state index contributed by atoms with van der Waals surface area (Å²) < 4.78 is 5.27. The van der Waals surface area contributed by atoms with Crippen molar-refractivity contribution in [2.75, 3.05) is 6.61 Å². The summed E-state index contributed by atoms with van der Waals surface area (Å²) in [5.74, 6) is 0.756. The molecule has 0 aromatic heterocycles. The van der Waals surface area contributed by atoms with E-state index in [1.54, 1.807) is 0 Å². The Hall–Kier alpha value is -0.0100. The smallest absolute Gasteiger partial charge is 0.152 e. The number of rotatable bonds is 3. The molecule has 0 saturated heterocycles. The summed E-state index contributed by atoms with van der Waals surface area (Å²) in [7, 11) is 0. The highest BCUT2D eigenvalue weighted by Crippen LogP contribution is 2.29. The molecule has 1 rings (SSSR count). The summed E-state index contributed by atoms with van der Waals surface area (Å²) in [6.45, 7) is 4.90. The van der Waals surface area contributed by atoms with Crippen LogP contribution in [0.2, 0.25) is 0 Å². The van der Waals surface area contributed by atoms with Gasteiger partial charge in [-0.05, 0) is 31.3 Å². The fourth-order valence-electron chi connectivity index (χ4n) is 1.36. The molecule has 1 nitrogen and oxygen atoms in total. The normalized spacial score (nSPS) is 26.8. The molecular weight excluding hydrogens is 160 g/mol. The molecule has 0 spiro atoms. The van der Waals surface area contributed by atoms with Crippen LogP contribution in [-0.4, -0.2) is 12.2 Å². The van der Waals surface area contributed by atoms with Crippen LogP contribution >= 0.6 is 11.6 Å². The minimum absolute atomic E-state index is 0.176. The van der Waals surface area contributed by atoms with Gasteiger partial charge < -0.3 is 4.74 Å². The van der Waals surface area contributed by atoms with E-state index in [0.717, 1.165) is 18.8 Å². The van der Waals surface area contributed by atoms with Gasteiger partial charge in [-0.3, -0.25) is 0 Å². The van der Waals surface area contributed by atoms with Crippen LogP contribution in [0.1, 0.15) is 26.7 Å². The second kappa shape index (κ2) is 4.13. The molecule has 1 aliphatic carbocycles. The number of allylic oxidation sites excluding steroid dienone is 1. The second-order valence-corrected chi connectivity index (χ2v) is 3.49. The lowest BCUT2D eigenvalue weighted by molar-refractivity contribution is 0.140. The summed E-state index contributed by atoms with van der Waals surface area (Å²) in [6.07, 6.45) is 4.47. The van der Waals surface area contributed by atoms with E-state index in [0.29, 0.717) is 6.61 Å². The van der Waals surface area contributed by atoms with E-state index in [1.807, 2.05) is 6.92 Å². The maximum atomic E-state index is 5.96. The lowest BCUT2D eigenvalue weighted by atomic mass is 10.1. The van der Waals surface area contributed by atoms with Gasteiger partial charge in [-0.1, -0.05) is 24.6 Å². The van der Waals surface area contributed by atoms with E-state index in [-0.39, 0.29) is 5.56 Å². The average Bonchev–Trinajstić information content (AvgIpc) is 2.36. The van der Waals surface area contributed by atoms with Crippen molar-refractivity contribution in [1.29, 1.82) is 0 Å². The first-order chi connectivity index (χ1) is 5.24. The first kappa shape index (κ1) is 9.08. The number of halogens is 1. The molecule has 2 atom stereocenters. The van der Waals surface area contributed by atoms with E-state index in [4.69, 9.17) is 16.3 Å². The minimum Gasteiger partial charge on any atom is -0.359 e. The van der Waals surface area contributed by atoms with Crippen molar-refractivity contribution < 1.29 is 4.74 Å². The first-order valence-corrected chi connectivity index (χ1v) is 4.62. The molecule has 2 unspecified atom stereocenters. The predicted octanol–water partition coefficient (Wildman–Crippen LogP) is 2.94. The van der Waals surface area contributed by atoms with Crippen LogP contribution in [0.15, 0.2) is 11.6 Å². The van der Waals surface area contributed by atoms with Gasteiger partial charge in [0.05, 0.1) is 0 Å². The van der Waals surface area contributed by atoms with E-state index >= 15 is 0 Å². The number of ether oxygens (including phenoxy) is 1. The van der Waals surface area contributed by atoms with Gasteiger partial charge in [0, 0.05) is 6.61 Å². The first-order valence-electron chi connectivity index (χ1n) is 4.18. The fourth-order valence-corrected chi connectivity index (χ4v) is 1.66. The summed E-state index contributed by atoms with van der Waals surface area (Å²) >= 11 is 5.96. The topological polar surface area (TPSA) is 9.23 Å². The van der Waals surface area contributed by atoms with E-state index in [9.17, 15) is 0 Å². The Bertz CT molecular complexity index is 154. The molecule has 64 valence electrons. The van der Waals surface area contributed by atoms with E-state index in [1.165, 1.54) is 5.57 Å². The van der Waals surface area contributed by atoms with Crippen molar-refractivity contribution in [1.82, 2.24) is 0 Å². The van der Waals surface area contributed by atoms with Gasteiger partial charge in [0.1, 0.15) is 0 Å². The molecule has 0 radical (unpaired) electrons. The quantitative estimate of drug-likeness (QED) is 0.472. The summed E-state index contributed by atoms with van der Waals surface area (Å²) in [6, 6.07) is 0. The molecule has 0 aromatic carbocycles. The second-order valence-electron chi connectivity index (χ2n) is 3.10. The molecule has 0 amide bonds. The van der Waals surface area contributed by atoms with E-state index in [2.05, 4.69) is 13.0 Å². The van der Waals surface area contributed by atoms with Crippen molar-refractivity contribution in [2.45, 2.75) is 32.3 Å². The van der Waals surface area contributed by atoms with Crippen LogP contribution in [-0.2, 0) is 4.74 Å². The minimum atomic E-state index is -0.176. The number of alkyl halides is 1. The molecule has 0 aliphatic heterocycles. The average molecular weight is 175 g/mol. The molecule has 0 N–H and O–H groups in total. The van der Waals surface area contributed by atoms with Crippen LogP contribution in [0.4, 0.5) is 0 Å². The summed E-state index contributed by atoms with van der Waals surface area (Å²) in [5.41, 5.74) is 1.09. The van der Waals surface area contributed by atoms with Gasteiger partial charge in [-0.15, -0.1) is 0 Å². The van der Waals surface area contributed by atoms with Gasteiger partial charge in [-0.2, -0.15) is 0 Å². The van der Waals surface area contributed by atoms with E-state index < -0.39 is 0 Å². The molecule has 11 heavy (non-hydrogen) atoms. The Balaban J connectivity index is 2.36. The van der Waals surface area contributed by atoms with Crippen molar-refractivity contribution in [3.8, 4) is 0 Å². The Morgan fingerprint density at radius 3 is 3.00 bits per heavy atom. The predicted molar refractivity (Wildman–Crippen MR) is 47.7 cm³/mol. The third-order valence-electron chi connectivity index (χ3n) is 1.97. The molecule has 0 heterocycles. The van der Waals surface area contributed by atoms with Gasteiger partial charge in [-0.25, -0.2) is 0 Å². The summed E-state index contributed by atoms with van der Waals surface area (Å²) in [4.78, 5) is 0. The van der Waals surface area contributed by atoms with Crippen molar-refractivity contribution in [2.24, 2.45) is 5.92 Å². The summed E-state index contributed by atoms with van der Waals surface area (Å²) in [5, 5.41) is 0. The van der Waals surface area contributed by atoms with Gasteiger partial charge >= 0.3 is 0 Å². The Morgan fingerprint density at radius 2 is 2.55 bits per heavy atom. The molecular formula is C9H15ClO. The largest absolute Gasteiger partial charge is 0.359 e. The Labute approximate surface area is 73.4 Å². The highest BCUT2D eigenvalue weighted by atomic mass is 35.5. The van der Waals surface area contributed by atoms with Crippen molar-refractivity contribution in [3.05, 3.63) is 11.6 Å². The van der Waals surface area contributed by atoms with Crippen LogP contribution in [0, 0.1) is 5.92 Å². The third kappa shape index (κ3) is 2.49. The zero-order chi connectivity index (χ0) is 8.27. The van der Waals surface area contributed by atoms with Crippen molar-refractivity contribution >= 4 is 11.6 Å². The SMILES string of the molecule is CCOC(Cl)C1=CCC(C)C1. The Morgan fingerprint density at radius 1 is 1.82 bits per heavy atom. The molecule has 0 aromatic rings. The molecule has 0 bridgehead atoms. The lowest BCUT2D eigenvalue weighted by Gasteiger charge is -2.10.